The lowest BCUT2D eigenvalue weighted by Crippen LogP contribution is -2.13. The first-order chi connectivity index (χ1) is 8.99. The van der Waals surface area contributed by atoms with E-state index in [1.54, 1.807) is 18.2 Å². The molecule has 0 aliphatic rings. The van der Waals surface area contributed by atoms with Gasteiger partial charge in [0.25, 0.3) is 5.91 Å². The summed E-state index contributed by atoms with van der Waals surface area (Å²) in [6.07, 6.45) is 0. The summed E-state index contributed by atoms with van der Waals surface area (Å²) in [6.45, 7) is 4.01. The molecule has 0 heterocycles. The van der Waals surface area contributed by atoms with Gasteiger partial charge in [-0.15, -0.1) is 0 Å². The van der Waals surface area contributed by atoms with E-state index in [1.807, 2.05) is 32.0 Å². The molecule has 0 bridgehead atoms. The summed E-state index contributed by atoms with van der Waals surface area (Å²) in [5, 5.41) is 2.91. The molecule has 0 unspecified atom stereocenters. The molecular formula is C15H15BrN2O. The number of amides is 1. The van der Waals surface area contributed by atoms with Gasteiger partial charge < -0.3 is 11.1 Å². The van der Waals surface area contributed by atoms with Crippen LogP contribution in [0.1, 0.15) is 21.5 Å². The Morgan fingerprint density at radius 1 is 1.21 bits per heavy atom. The monoisotopic (exact) mass is 318 g/mol. The van der Waals surface area contributed by atoms with E-state index in [0.717, 1.165) is 21.3 Å². The van der Waals surface area contributed by atoms with Crippen molar-refractivity contribution in [1.29, 1.82) is 0 Å². The molecule has 2 aromatic carbocycles. The number of benzene rings is 2. The molecular weight excluding hydrogens is 304 g/mol. The highest BCUT2D eigenvalue weighted by Crippen LogP contribution is 2.22. The average molecular weight is 319 g/mol. The minimum atomic E-state index is -0.144. The van der Waals surface area contributed by atoms with Gasteiger partial charge >= 0.3 is 0 Å². The molecule has 0 aliphatic heterocycles. The highest BCUT2D eigenvalue weighted by molar-refractivity contribution is 9.10. The van der Waals surface area contributed by atoms with Gasteiger partial charge in [0.1, 0.15) is 0 Å². The molecule has 4 heteroatoms. The van der Waals surface area contributed by atoms with Crippen LogP contribution in [0.15, 0.2) is 40.9 Å². The molecule has 2 rings (SSSR count). The Morgan fingerprint density at radius 3 is 2.63 bits per heavy atom. The molecule has 0 fully saturated rings. The van der Waals surface area contributed by atoms with Crippen molar-refractivity contribution in [2.75, 3.05) is 11.1 Å². The smallest absolute Gasteiger partial charge is 0.255 e. The maximum atomic E-state index is 12.2. The minimum absolute atomic E-state index is 0.144. The number of carbonyl (C=O) groups is 1. The van der Waals surface area contributed by atoms with Crippen LogP contribution in [0, 0.1) is 13.8 Å². The molecule has 0 atom stereocenters. The Balaban J connectivity index is 2.26. The van der Waals surface area contributed by atoms with Gasteiger partial charge in [-0.25, -0.2) is 0 Å². The number of nitrogen functional groups attached to an aromatic ring is 1. The van der Waals surface area contributed by atoms with Crippen LogP contribution in [0.3, 0.4) is 0 Å². The van der Waals surface area contributed by atoms with E-state index in [4.69, 9.17) is 5.73 Å². The zero-order valence-electron chi connectivity index (χ0n) is 10.8. The fraction of sp³-hybridized carbons (Fsp3) is 0.133. The number of carbonyl (C=O) groups excluding carboxylic acids is 1. The molecule has 0 aromatic heterocycles. The van der Waals surface area contributed by atoms with Gasteiger partial charge in [-0.1, -0.05) is 12.1 Å². The van der Waals surface area contributed by atoms with Crippen LogP contribution in [0.5, 0.6) is 0 Å². The molecule has 3 N–H and O–H groups in total. The Kier molecular flexibility index (Phi) is 3.90. The zero-order valence-corrected chi connectivity index (χ0v) is 12.4. The largest absolute Gasteiger partial charge is 0.398 e. The summed E-state index contributed by atoms with van der Waals surface area (Å²) in [5.41, 5.74) is 9.95. The summed E-state index contributed by atoms with van der Waals surface area (Å²) >= 11 is 3.32. The number of aryl methyl sites for hydroxylation is 1. The van der Waals surface area contributed by atoms with Crippen molar-refractivity contribution in [3.8, 4) is 0 Å². The van der Waals surface area contributed by atoms with Crippen LogP contribution in [0.25, 0.3) is 0 Å². The van der Waals surface area contributed by atoms with E-state index < -0.39 is 0 Å². The predicted octanol–water partition coefficient (Wildman–Crippen LogP) is 3.90. The molecule has 3 nitrogen and oxygen atoms in total. The molecule has 2 aromatic rings. The lowest BCUT2D eigenvalue weighted by Gasteiger charge is -2.10. The highest BCUT2D eigenvalue weighted by atomic mass is 79.9. The van der Waals surface area contributed by atoms with Crippen molar-refractivity contribution in [1.82, 2.24) is 0 Å². The maximum absolute atomic E-state index is 12.2. The Labute approximate surface area is 121 Å². The first kappa shape index (κ1) is 13.6. The maximum Gasteiger partial charge on any atom is 0.255 e. The number of hydrogen-bond acceptors (Lipinski definition) is 2. The molecule has 0 radical (unpaired) electrons. The van der Waals surface area contributed by atoms with Crippen LogP contribution in [-0.4, -0.2) is 5.91 Å². The Bertz CT molecular complexity index is 638. The van der Waals surface area contributed by atoms with Gasteiger partial charge in [-0.3, -0.25) is 4.79 Å². The second kappa shape index (κ2) is 5.45. The number of anilines is 2. The third-order valence-electron chi connectivity index (χ3n) is 3.12. The van der Waals surface area contributed by atoms with Gasteiger partial charge in [0.05, 0.1) is 0 Å². The van der Waals surface area contributed by atoms with Crippen LogP contribution in [-0.2, 0) is 0 Å². The molecule has 98 valence electrons. The van der Waals surface area contributed by atoms with Gasteiger partial charge in [0, 0.05) is 21.4 Å². The van der Waals surface area contributed by atoms with Gasteiger partial charge in [0.15, 0.2) is 0 Å². The fourth-order valence-electron chi connectivity index (χ4n) is 1.75. The van der Waals surface area contributed by atoms with Crippen LogP contribution >= 0.6 is 15.9 Å². The quantitative estimate of drug-likeness (QED) is 0.825. The predicted molar refractivity (Wildman–Crippen MR) is 82.4 cm³/mol. The van der Waals surface area contributed by atoms with Gasteiger partial charge in [0.2, 0.25) is 0 Å². The summed E-state index contributed by atoms with van der Waals surface area (Å²) in [6, 6.07) is 11.0. The van der Waals surface area contributed by atoms with Crippen molar-refractivity contribution in [2.24, 2.45) is 0 Å². The number of halogens is 1. The fourth-order valence-corrected chi connectivity index (χ4v) is 2.13. The molecule has 0 saturated heterocycles. The number of rotatable bonds is 2. The molecule has 0 aliphatic carbocycles. The zero-order chi connectivity index (χ0) is 14.0. The van der Waals surface area contributed by atoms with Crippen LogP contribution in [0.4, 0.5) is 11.4 Å². The third-order valence-corrected chi connectivity index (χ3v) is 3.80. The van der Waals surface area contributed by atoms with Crippen molar-refractivity contribution < 1.29 is 4.79 Å². The number of nitrogens with one attached hydrogen (secondary N) is 1. The van der Waals surface area contributed by atoms with E-state index in [1.165, 1.54) is 0 Å². The molecule has 19 heavy (non-hydrogen) atoms. The van der Waals surface area contributed by atoms with E-state index >= 15 is 0 Å². The van der Waals surface area contributed by atoms with E-state index in [-0.39, 0.29) is 5.91 Å². The van der Waals surface area contributed by atoms with E-state index in [9.17, 15) is 4.79 Å². The average Bonchev–Trinajstić information content (AvgIpc) is 2.38. The van der Waals surface area contributed by atoms with Crippen LogP contribution in [0.2, 0.25) is 0 Å². The summed E-state index contributed by atoms with van der Waals surface area (Å²) in [4.78, 5) is 12.2. The number of nitrogens with two attached hydrogens (primary N) is 1. The van der Waals surface area contributed by atoms with Crippen molar-refractivity contribution in [2.45, 2.75) is 13.8 Å². The first-order valence-electron chi connectivity index (χ1n) is 5.91. The summed E-state index contributed by atoms with van der Waals surface area (Å²) in [7, 11) is 0. The Morgan fingerprint density at radius 2 is 1.95 bits per heavy atom. The van der Waals surface area contributed by atoms with Gasteiger partial charge in [-0.2, -0.15) is 0 Å². The van der Waals surface area contributed by atoms with Crippen molar-refractivity contribution >= 4 is 33.2 Å². The third kappa shape index (κ3) is 2.96. The highest BCUT2D eigenvalue weighted by Gasteiger charge is 2.09. The number of hydrogen-bond donors (Lipinski definition) is 2. The second-order valence-electron chi connectivity index (χ2n) is 4.44. The van der Waals surface area contributed by atoms with Crippen LogP contribution < -0.4 is 11.1 Å². The summed E-state index contributed by atoms with van der Waals surface area (Å²) < 4.78 is 0.723. The minimum Gasteiger partial charge on any atom is -0.398 e. The molecule has 0 spiro atoms. The van der Waals surface area contributed by atoms with E-state index in [2.05, 4.69) is 21.2 Å². The van der Waals surface area contributed by atoms with Crippen molar-refractivity contribution in [3.05, 3.63) is 57.6 Å². The summed E-state index contributed by atoms with van der Waals surface area (Å²) in [5.74, 6) is -0.144. The second-order valence-corrected chi connectivity index (χ2v) is 5.29. The normalized spacial score (nSPS) is 10.3. The first-order valence-corrected chi connectivity index (χ1v) is 6.71. The lowest BCUT2D eigenvalue weighted by atomic mass is 10.1. The molecule has 0 saturated carbocycles. The lowest BCUT2D eigenvalue weighted by molar-refractivity contribution is 0.102. The van der Waals surface area contributed by atoms with E-state index in [0.29, 0.717) is 11.3 Å². The Hall–Kier alpha value is -1.81. The van der Waals surface area contributed by atoms with Crippen molar-refractivity contribution in [3.63, 3.8) is 0 Å². The van der Waals surface area contributed by atoms with Gasteiger partial charge in [-0.05, 0) is 65.2 Å². The standard InChI is InChI=1S/C15H15BrN2O/c1-9-4-3-5-14(10(9)2)18-15(19)11-6-7-13(17)12(16)8-11/h3-8H,17H2,1-2H3,(H,18,19). The topological polar surface area (TPSA) is 55.1 Å². The SMILES string of the molecule is Cc1cccc(NC(=O)c2ccc(N)c(Br)c2)c1C. The molecule has 1 amide bonds.